The number of aromatic nitrogens is 7. The zero-order valence-electron chi connectivity index (χ0n) is 19.3. The highest BCUT2D eigenvalue weighted by atomic mass is 35.5. The largest absolute Gasteiger partial charge is 0.455 e. The number of nitrogens with zero attached hydrogens (tertiary/aromatic N) is 7. The lowest BCUT2D eigenvalue weighted by Gasteiger charge is -2.15. The maximum Gasteiger partial charge on any atom is 0.416 e. The van der Waals surface area contributed by atoms with Crippen LogP contribution in [0.3, 0.4) is 0 Å². The zero-order chi connectivity index (χ0) is 26.9. The van der Waals surface area contributed by atoms with Gasteiger partial charge in [0.05, 0.1) is 6.54 Å². The van der Waals surface area contributed by atoms with E-state index in [0.29, 0.717) is 15.7 Å². The number of esters is 1. The molecule has 1 unspecified atom stereocenters. The van der Waals surface area contributed by atoms with Gasteiger partial charge in [-0.15, -0.1) is 21.5 Å². The second-order valence-corrected chi connectivity index (χ2v) is 9.11. The van der Waals surface area contributed by atoms with Gasteiger partial charge in [-0.2, -0.15) is 17.9 Å². The molecule has 4 rings (SSSR count). The van der Waals surface area contributed by atoms with E-state index in [9.17, 15) is 27.9 Å². The summed E-state index contributed by atoms with van der Waals surface area (Å²) in [6.07, 6.45) is -7.02. The van der Waals surface area contributed by atoms with Gasteiger partial charge in [0.15, 0.2) is 29.7 Å². The van der Waals surface area contributed by atoms with Gasteiger partial charge < -0.3 is 9.84 Å². The van der Waals surface area contributed by atoms with Crippen molar-refractivity contribution in [2.24, 2.45) is 0 Å². The van der Waals surface area contributed by atoms with Crippen molar-refractivity contribution < 1.29 is 27.8 Å². The lowest BCUT2D eigenvalue weighted by molar-refractivity contribution is -0.207. The number of hydrogen-bond acceptors (Lipinski definition) is 9. The van der Waals surface area contributed by atoms with Crippen molar-refractivity contribution in [3.05, 3.63) is 63.0 Å². The average Bonchev–Trinajstić information content (AvgIpc) is 3.55. The molecule has 0 saturated carbocycles. The molecule has 3 heterocycles. The Morgan fingerprint density at radius 2 is 1.95 bits per heavy atom. The molecule has 0 radical (unpaired) electrons. The van der Waals surface area contributed by atoms with Crippen LogP contribution in [0.25, 0.3) is 16.5 Å². The zero-order valence-corrected chi connectivity index (χ0v) is 20.8. The van der Waals surface area contributed by atoms with Crippen molar-refractivity contribution in [2.45, 2.75) is 45.3 Å². The van der Waals surface area contributed by atoms with Crippen molar-refractivity contribution >= 4 is 28.9 Å². The molecule has 196 valence electrons. The molecule has 1 aromatic carbocycles. The number of aliphatic hydroxyl groups excluding tert-OH is 1. The number of benzene rings is 1. The predicted octanol–water partition coefficient (Wildman–Crippen LogP) is 3.00. The molecular weight excluding hydrogens is 539 g/mol. The van der Waals surface area contributed by atoms with Crippen LogP contribution in [-0.2, 0) is 22.6 Å². The fraction of sp³-hybridized carbons (Fsp3) is 0.333. The molecule has 0 aliphatic heterocycles. The first-order valence-electron chi connectivity index (χ1n) is 10.6. The van der Waals surface area contributed by atoms with Crippen molar-refractivity contribution in [1.82, 2.24) is 34.1 Å². The third-order valence-electron chi connectivity index (χ3n) is 5.03. The minimum Gasteiger partial charge on any atom is -0.455 e. The fourth-order valence-electron chi connectivity index (χ4n) is 3.39. The second kappa shape index (κ2) is 10.4. The standard InChI is InChI=1S/C21H19ClF3N7O4S/c1-11(36-12(2)33)17-27-16(28-32(17)19-26-7-8-37-19)10-31-20(35)30(9-15(34)21(23,24)25)18(29-31)13-3-5-14(22)6-4-13/h3-8,11,15,34H,9-10H2,1-2H3/t11?,15-/m0/s1. The predicted molar refractivity (Wildman–Crippen MR) is 125 cm³/mol. The van der Waals surface area contributed by atoms with Gasteiger partial charge in [0.2, 0.25) is 5.13 Å². The van der Waals surface area contributed by atoms with E-state index in [2.05, 4.69) is 20.2 Å². The Morgan fingerprint density at radius 3 is 2.54 bits per heavy atom. The van der Waals surface area contributed by atoms with Crippen LogP contribution in [-0.4, -0.2) is 57.5 Å². The topological polar surface area (TPSA) is 130 Å². The van der Waals surface area contributed by atoms with E-state index in [1.807, 2.05) is 0 Å². The molecular formula is C21H19ClF3N7O4S. The Bertz CT molecular complexity index is 1450. The molecule has 0 bridgehead atoms. The van der Waals surface area contributed by atoms with Crippen molar-refractivity contribution in [2.75, 3.05) is 0 Å². The number of rotatable bonds is 8. The van der Waals surface area contributed by atoms with Gasteiger partial charge in [-0.25, -0.2) is 19.4 Å². The minimum absolute atomic E-state index is 0.0648. The van der Waals surface area contributed by atoms with Crippen LogP contribution < -0.4 is 5.69 Å². The summed E-state index contributed by atoms with van der Waals surface area (Å²) in [7, 11) is 0. The summed E-state index contributed by atoms with van der Waals surface area (Å²) >= 11 is 7.14. The summed E-state index contributed by atoms with van der Waals surface area (Å²) in [5.74, 6) is -0.376. The van der Waals surface area contributed by atoms with E-state index in [4.69, 9.17) is 16.3 Å². The van der Waals surface area contributed by atoms with Crippen molar-refractivity contribution in [1.29, 1.82) is 0 Å². The van der Waals surface area contributed by atoms with Crippen LogP contribution >= 0.6 is 22.9 Å². The summed E-state index contributed by atoms with van der Waals surface area (Å²) in [5.41, 5.74) is -0.617. The highest BCUT2D eigenvalue weighted by molar-refractivity contribution is 7.12. The molecule has 11 nitrogen and oxygen atoms in total. The first kappa shape index (κ1) is 26.5. The minimum atomic E-state index is -4.95. The number of halogens is 4. The maximum absolute atomic E-state index is 13.1. The molecule has 0 amide bonds. The Hall–Kier alpha value is -3.56. The number of carbonyl (C=O) groups excluding carboxylic acids is 1. The van der Waals surface area contributed by atoms with Crippen LogP contribution in [0.2, 0.25) is 5.02 Å². The maximum atomic E-state index is 13.1. The first-order valence-corrected chi connectivity index (χ1v) is 11.9. The average molecular weight is 558 g/mol. The van der Waals surface area contributed by atoms with Gasteiger partial charge in [-0.05, 0) is 31.2 Å². The molecule has 16 heteroatoms. The van der Waals surface area contributed by atoms with Gasteiger partial charge in [0, 0.05) is 29.1 Å². The smallest absolute Gasteiger partial charge is 0.416 e. The molecule has 3 aromatic heterocycles. The van der Waals surface area contributed by atoms with Crippen LogP contribution in [0, 0.1) is 0 Å². The Kier molecular flexibility index (Phi) is 7.47. The van der Waals surface area contributed by atoms with Crippen LogP contribution in [0.15, 0.2) is 40.6 Å². The normalized spacial score (nSPS) is 13.5. The summed E-state index contributed by atoms with van der Waals surface area (Å²) in [4.78, 5) is 33.1. The lowest BCUT2D eigenvalue weighted by atomic mass is 10.2. The molecule has 1 N–H and O–H groups in total. The SMILES string of the molecule is CC(=O)OC(C)c1nc(Cn2nc(-c3ccc(Cl)cc3)n(C[C@H](O)C(F)(F)F)c2=O)nn1-c1nccs1. The third-order valence-corrected chi connectivity index (χ3v) is 6.03. The van der Waals surface area contributed by atoms with Crippen LogP contribution in [0.5, 0.6) is 0 Å². The van der Waals surface area contributed by atoms with Gasteiger partial charge in [0.25, 0.3) is 0 Å². The van der Waals surface area contributed by atoms with E-state index in [0.717, 1.165) is 9.25 Å². The van der Waals surface area contributed by atoms with Gasteiger partial charge in [-0.1, -0.05) is 11.6 Å². The highest BCUT2D eigenvalue weighted by Gasteiger charge is 2.39. The molecule has 0 aliphatic carbocycles. The van der Waals surface area contributed by atoms with E-state index in [1.54, 1.807) is 12.3 Å². The quantitative estimate of drug-likeness (QED) is 0.327. The van der Waals surface area contributed by atoms with Gasteiger partial charge >= 0.3 is 17.8 Å². The van der Waals surface area contributed by atoms with E-state index >= 15 is 0 Å². The summed E-state index contributed by atoms with van der Waals surface area (Å²) in [6, 6.07) is 5.95. The number of aliphatic hydroxyl groups is 1. The Balaban J connectivity index is 1.76. The summed E-state index contributed by atoms with van der Waals surface area (Å²) in [6.45, 7) is 1.42. The first-order chi connectivity index (χ1) is 17.4. The molecule has 2 atom stereocenters. The molecule has 0 fully saturated rings. The number of carbonyl (C=O) groups is 1. The van der Waals surface area contributed by atoms with Crippen molar-refractivity contribution in [3.8, 4) is 16.5 Å². The van der Waals surface area contributed by atoms with E-state index < -0.39 is 36.6 Å². The fourth-order valence-corrected chi connectivity index (χ4v) is 4.12. The molecule has 0 saturated heterocycles. The number of alkyl halides is 3. The Morgan fingerprint density at radius 1 is 1.24 bits per heavy atom. The summed E-state index contributed by atoms with van der Waals surface area (Å²) in [5, 5.41) is 20.7. The van der Waals surface area contributed by atoms with Crippen molar-refractivity contribution in [3.63, 3.8) is 0 Å². The van der Waals surface area contributed by atoms with Crippen LogP contribution in [0.4, 0.5) is 13.2 Å². The highest BCUT2D eigenvalue weighted by Crippen LogP contribution is 2.25. The number of hydrogen-bond donors (Lipinski definition) is 1. The van der Waals surface area contributed by atoms with E-state index in [1.165, 1.54) is 53.4 Å². The van der Waals surface area contributed by atoms with Gasteiger partial charge in [0.1, 0.15) is 6.54 Å². The molecule has 0 aliphatic rings. The second-order valence-electron chi connectivity index (χ2n) is 7.80. The lowest BCUT2D eigenvalue weighted by Crippen LogP contribution is -2.37. The number of ether oxygens (including phenoxy) is 1. The Labute approximate surface area is 215 Å². The number of thiazole rings is 1. The third kappa shape index (κ3) is 5.89. The summed E-state index contributed by atoms with van der Waals surface area (Å²) < 4.78 is 47.4. The monoisotopic (exact) mass is 557 g/mol. The molecule has 4 aromatic rings. The molecule has 37 heavy (non-hydrogen) atoms. The van der Waals surface area contributed by atoms with Crippen LogP contribution in [0.1, 0.15) is 31.6 Å². The van der Waals surface area contributed by atoms with E-state index in [-0.39, 0.29) is 24.0 Å². The molecule has 0 spiro atoms. The van der Waals surface area contributed by atoms with Gasteiger partial charge in [-0.3, -0.25) is 9.36 Å².